The molecule has 1 aliphatic rings. The SMILES string of the molecule is Cc1cc([C@@H](C)Oc2ccc(Cl)nc2S(N)(=O)=O)c2oc(C3CC3)c(C)c(=O)c2c1. The molecule has 1 saturated carbocycles. The van der Waals surface area contributed by atoms with Crippen LogP contribution in [0, 0.1) is 13.8 Å². The van der Waals surface area contributed by atoms with Gasteiger partial charge in [0.2, 0.25) is 5.03 Å². The number of rotatable bonds is 5. The van der Waals surface area contributed by atoms with Crippen molar-refractivity contribution in [2.24, 2.45) is 5.14 Å². The van der Waals surface area contributed by atoms with Gasteiger partial charge in [0.05, 0.1) is 5.39 Å². The monoisotopic (exact) mass is 448 g/mol. The lowest BCUT2D eigenvalue weighted by Crippen LogP contribution is -2.17. The zero-order chi connectivity index (χ0) is 21.8. The van der Waals surface area contributed by atoms with Crippen molar-refractivity contribution in [3.05, 3.63) is 62.1 Å². The van der Waals surface area contributed by atoms with Crippen molar-refractivity contribution >= 4 is 32.6 Å². The van der Waals surface area contributed by atoms with Gasteiger partial charge >= 0.3 is 0 Å². The molecule has 1 aliphatic carbocycles. The molecule has 1 aromatic carbocycles. The quantitative estimate of drug-likeness (QED) is 0.587. The minimum atomic E-state index is -4.15. The van der Waals surface area contributed by atoms with Crippen LogP contribution in [0.15, 0.2) is 38.5 Å². The van der Waals surface area contributed by atoms with E-state index in [9.17, 15) is 13.2 Å². The maximum Gasteiger partial charge on any atom is 0.259 e. The molecule has 3 aromatic rings. The first-order valence-corrected chi connectivity index (χ1v) is 11.4. The van der Waals surface area contributed by atoms with Gasteiger partial charge in [0.15, 0.2) is 11.2 Å². The van der Waals surface area contributed by atoms with Crippen molar-refractivity contribution in [2.75, 3.05) is 0 Å². The predicted molar refractivity (Wildman–Crippen MR) is 114 cm³/mol. The number of aryl methyl sites for hydroxylation is 1. The molecule has 0 amide bonds. The lowest BCUT2D eigenvalue weighted by atomic mass is 10.0. The van der Waals surface area contributed by atoms with E-state index in [0.29, 0.717) is 27.9 Å². The highest BCUT2D eigenvalue weighted by atomic mass is 35.5. The molecule has 0 spiro atoms. The normalized spacial score (nSPS) is 15.4. The number of pyridine rings is 1. The Morgan fingerprint density at radius 1 is 1.27 bits per heavy atom. The maximum absolute atomic E-state index is 13.0. The molecular formula is C21H21ClN2O5S. The Balaban J connectivity index is 1.85. The summed E-state index contributed by atoms with van der Waals surface area (Å²) < 4.78 is 36.0. The number of hydrogen-bond donors (Lipinski definition) is 1. The summed E-state index contributed by atoms with van der Waals surface area (Å²) in [6, 6.07) is 6.48. The minimum absolute atomic E-state index is 0.0180. The number of fused-ring (bicyclic) bond motifs is 1. The molecule has 2 heterocycles. The number of sulfonamides is 1. The summed E-state index contributed by atoms with van der Waals surface area (Å²) in [5.74, 6) is 0.950. The lowest BCUT2D eigenvalue weighted by molar-refractivity contribution is 0.218. The van der Waals surface area contributed by atoms with Crippen molar-refractivity contribution < 1.29 is 17.6 Å². The predicted octanol–water partition coefficient (Wildman–Crippen LogP) is 4.12. The lowest BCUT2D eigenvalue weighted by Gasteiger charge is -2.19. The fourth-order valence-electron chi connectivity index (χ4n) is 3.57. The van der Waals surface area contributed by atoms with E-state index in [1.165, 1.54) is 12.1 Å². The Kier molecular flexibility index (Phi) is 5.12. The zero-order valence-electron chi connectivity index (χ0n) is 16.7. The van der Waals surface area contributed by atoms with E-state index in [2.05, 4.69) is 4.98 Å². The first-order chi connectivity index (χ1) is 14.1. The highest BCUT2D eigenvalue weighted by Crippen LogP contribution is 2.42. The van der Waals surface area contributed by atoms with Gasteiger partial charge in [-0.2, -0.15) is 0 Å². The standard InChI is InChI=1S/C21H21ClN2O5S/c1-10-8-14(12(3)28-16-6-7-17(22)24-21(16)30(23,26)27)20-15(9-10)18(25)11(2)19(29-20)13-4-5-13/h6-9,12-13H,4-5H2,1-3H3,(H2,23,26,27)/t12-/m1/s1. The van der Waals surface area contributed by atoms with Crippen molar-refractivity contribution in [1.29, 1.82) is 0 Å². The summed E-state index contributed by atoms with van der Waals surface area (Å²) in [5, 5.41) is 5.27. The van der Waals surface area contributed by atoms with E-state index >= 15 is 0 Å². The Bertz CT molecular complexity index is 1330. The van der Waals surface area contributed by atoms with Crippen LogP contribution in [0.1, 0.15) is 54.2 Å². The van der Waals surface area contributed by atoms with Crippen molar-refractivity contribution in [1.82, 2.24) is 4.98 Å². The average molecular weight is 449 g/mol. The number of hydrogen-bond acceptors (Lipinski definition) is 6. The van der Waals surface area contributed by atoms with Crippen LogP contribution in [0.4, 0.5) is 0 Å². The molecule has 2 aromatic heterocycles. The van der Waals surface area contributed by atoms with Crippen LogP contribution in [0.3, 0.4) is 0 Å². The summed E-state index contributed by atoms with van der Waals surface area (Å²) >= 11 is 5.82. The Labute approximate surface area is 178 Å². The van der Waals surface area contributed by atoms with Crippen molar-refractivity contribution in [3.63, 3.8) is 0 Å². The number of primary sulfonamides is 1. The van der Waals surface area contributed by atoms with Crippen LogP contribution < -0.4 is 15.3 Å². The van der Waals surface area contributed by atoms with Gasteiger partial charge in [0.25, 0.3) is 10.0 Å². The maximum atomic E-state index is 13.0. The third kappa shape index (κ3) is 3.82. The van der Waals surface area contributed by atoms with Gasteiger partial charge in [-0.25, -0.2) is 18.5 Å². The van der Waals surface area contributed by atoms with Crippen LogP contribution in [0.2, 0.25) is 5.15 Å². The third-order valence-corrected chi connectivity index (χ3v) is 6.22. The van der Waals surface area contributed by atoms with E-state index in [-0.39, 0.29) is 22.2 Å². The smallest absolute Gasteiger partial charge is 0.259 e. The molecule has 0 unspecified atom stereocenters. The van der Waals surface area contributed by atoms with Crippen LogP contribution >= 0.6 is 11.6 Å². The molecule has 30 heavy (non-hydrogen) atoms. The molecule has 4 rings (SSSR count). The molecule has 9 heteroatoms. The molecule has 1 atom stereocenters. The summed E-state index contributed by atoms with van der Waals surface area (Å²) in [7, 11) is -4.15. The Morgan fingerprint density at radius 3 is 2.60 bits per heavy atom. The van der Waals surface area contributed by atoms with Crippen LogP contribution in [0.5, 0.6) is 5.75 Å². The topological polar surface area (TPSA) is 112 Å². The minimum Gasteiger partial charge on any atom is -0.483 e. The summed E-state index contributed by atoms with van der Waals surface area (Å²) in [6.45, 7) is 5.41. The highest BCUT2D eigenvalue weighted by molar-refractivity contribution is 7.89. The number of nitrogens with two attached hydrogens (primary N) is 1. The second kappa shape index (κ2) is 7.37. The number of nitrogens with zero attached hydrogens (tertiary/aromatic N) is 1. The molecule has 0 radical (unpaired) electrons. The second-order valence-corrected chi connectivity index (χ2v) is 9.53. The number of halogens is 1. The number of benzene rings is 1. The first-order valence-electron chi connectivity index (χ1n) is 9.50. The van der Waals surface area contributed by atoms with Gasteiger partial charge in [-0.15, -0.1) is 0 Å². The molecule has 0 bridgehead atoms. The van der Waals surface area contributed by atoms with Crippen molar-refractivity contribution in [2.45, 2.75) is 50.7 Å². The van der Waals surface area contributed by atoms with E-state index in [0.717, 1.165) is 18.4 Å². The van der Waals surface area contributed by atoms with E-state index < -0.39 is 21.2 Å². The largest absolute Gasteiger partial charge is 0.483 e. The Morgan fingerprint density at radius 2 is 1.97 bits per heavy atom. The summed E-state index contributed by atoms with van der Waals surface area (Å²) in [6.07, 6.45) is 1.35. The second-order valence-electron chi connectivity index (χ2n) is 7.67. The van der Waals surface area contributed by atoms with Gasteiger partial charge in [0, 0.05) is 17.0 Å². The van der Waals surface area contributed by atoms with Gasteiger partial charge in [0.1, 0.15) is 22.6 Å². The van der Waals surface area contributed by atoms with Crippen molar-refractivity contribution in [3.8, 4) is 5.75 Å². The van der Waals surface area contributed by atoms with Gasteiger partial charge in [-0.1, -0.05) is 11.6 Å². The number of ether oxygens (including phenoxy) is 1. The molecule has 0 aliphatic heterocycles. The van der Waals surface area contributed by atoms with Crippen LogP contribution in [-0.2, 0) is 10.0 Å². The molecule has 0 saturated heterocycles. The van der Waals surface area contributed by atoms with Gasteiger partial charge in [-0.05, 0) is 63.4 Å². The molecule has 1 fully saturated rings. The molecular weight excluding hydrogens is 428 g/mol. The fraction of sp³-hybridized carbons (Fsp3) is 0.333. The Hall–Kier alpha value is -2.42. The molecule has 158 valence electrons. The molecule has 7 nitrogen and oxygen atoms in total. The zero-order valence-corrected chi connectivity index (χ0v) is 18.3. The third-order valence-electron chi connectivity index (χ3n) is 5.18. The summed E-state index contributed by atoms with van der Waals surface area (Å²) in [4.78, 5) is 16.8. The van der Waals surface area contributed by atoms with Gasteiger partial charge in [-0.3, -0.25) is 4.79 Å². The van der Waals surface area contributed by atoms with E-state index in [1.54, 1.807) is 19.9 Å². The number of aromatic nitrogens is 1. The summed E-state index contributed by atoms with van der Waals surface area (Å²) in [5.41, 5.74) is 2.52. The van der Waals surface area contributed by atoms with E-state index in [4.69, 9.17) is 25.9 Å². The highest BCUT2D eigenvalue weighted by Gasteiger charge is 2.30. The average Bonchev–Trinajstić information content (AvgIpc) is 3.50. The van der Waals surface area contributed by atoms with Crippen LogP contribution in [0.25, 0.3) is 11.0 Å². The molecule has 2 N–H and O–H groups in total. The van der Waals surface area contributed by atoms with Crippen LogP contribution in [-0.4, -0.2) is 13.4 Å². The first kappa shape index (κ1) is 20.8. The van der Waals surface area contributed by atoms with E-state index in [1.807, 2.05) is 13.0 Å². The fourth-order valence-corrected chi connectivity index (χ4v) is 4.39. The van der Waals surface area contributed by atoms with Gasteiger partial charge < -0.3 is 9.15 Å².